The van der Waals surface area contributed by atoms with Gasteiger partial charge in [0.1, 0.15) is 6.73 Å². The molecule has 4 nitrogen and oxygen atoms in total. The standard InChI is InChI=1S/C8H6BrNO3/c9-5-1-2-7-6(3-5)10(4-11)8(12)13-7/h1-3,11H,4H2. The maximum absolute atomic E-state index is 11.1. The van der Waals surface area contributed by atoms with E-state index >= 15 is 0 Å². The topological polar surface area (TPSA) is 55.4 Å². The lowest BCUT2D eigenvalue weighted by molar-refractivity contribution is 0.204. The Morgan fingerprint density at radius 3 is 3.00 bits per heavy atom. The largest absolute Gasteiger partial charge is 0.421 e. The van der Waals surface area contributed by atoms with Gasteiger partial charge in [0.2, 0.25) is 0 Å². The number of aliphatic hydroxyl groups excluding tert-OH is 1. The molecule has 1 aromatic heterocycles. The second-order valence-electron chi connectivity index (χ2n) is 2.55. The Balaban J connectivity index is 2.89. The number of halogens is 1. The summed E-state index contributed by atoms with van der Waals surface area (Å²) < 4.78 is 6.86. The van der Waals surface area contributed by atoms with E-state index in [0.717, 1.165) is 9.04 Å². The van der Waals surface area contributed by atoms with Crippen molar-refractivity contribution in [2.75, 3.05) is 0 Å². The highest BCUT2D eigenvalue weighted by Gasteiger charge is 2.07. The molecule has 0 radical (unpaired) electrons. The Morgan fingerprint density at radius 1 is 1.54 bits per heavy atom. The zero-order chi connectivity index (χ0) is 9.42. The van der Waals surface area contributed by atoms with Crippen LogP contribution in [0, 0.1) is 0 Å². The van der Waals surface area contributed by atoms with Gasteiger partial charge in [0.25, 0.3) is 0 Å². The molecule has 13 heavy (non-hydrogen) atoms. The molecule has 0 aliphatic heterocycles. The summed E-state index contributed by atoms with van der Waals surface area (Å²) in [5.41, 5.74) is 1.06. The number of oxazole rings is 1. The quantitative estimate of drug-likeness (QED) is 0.822. The Bertz CT molecular complexity index is 500. The predicted octanol–water partition coefficient (Wildman–Crippen LogP) is 1.31. The van der Waals surface area contributed by atoms with Crippen molar-refractivity contribution in [2.24, 2.45) is 0 Å². The molecule has 0 amide bonds. The fourth-order valence-corrected chi connectivity index (χ4v) is 1.52. The van der Waals surface area contributed by atoms with Crippen LogP contribution < -0.4 is 5.76 Å². The zero-order valence-electron chi connectivity index (χ0n) is 6.53. The lowest BCUT2D eigenvalue weighted by Crippen LogP contribution is -2.13. The van der Waals surface area contributed by atoms with Crippen molar-refractivity contribution in [3.8, 4) is 0 Å². The number of hydrogen-bond donors (Lipinski definition) is 1. The van der Waals surface area contributed by atoms with Crippen LogP contribution >= 0.6 is 15.9 Å². The average Bonchev–Trinajstić information content (AvgIpc) is 2.40. The maximum atomic E-state index is 11.1. The summed E-state index contributed by atoms with van der Waals surface area (Å²) in [5.74, 6) is -0.546. The minimum Gasteiger partial charge on any atom is -0.408 e. The van der Waals surface area contributed by atoms with Crippen LogP contribution in [0.4, 0.5) is 0 Å². The van der Waals surface area contributed by atoms with Crippen LogP contribution in [0.2, 0.25) is 0 Å². The third-order valence-electron chi connectivity index (χ3n) is 1.77. The van der Waals surface area contributed by atoms with Gasteiger partial charge in [-0.25, -0.2) is 4.79 Å². The van der Waals surface area contributed by atoms with E-state index < -0.39 is 5.76 Å². The van der Waals surface area contributed by atoms with Crippen LogP contribution in [-0.4, -0.2) is 9.67 Å². The lowest BCUT2D eigenvalue weighted by atomic mass is 10.3. The van der Waals surface area contributed by atoms with Crippen molar-refractivity contribution in [3.05, 3.63) is 33.2 Å². The molecule has 0 aliphatic rings. The number of nitrogens with zero attached hydrogens (tertiary/aromatic N) is 1. The zero-order valence-corrected chi connectivity index (χ0v) is 8.11. The van der Waals surface area contributed by atoms with Crippen molar-refractivity contribution in [2.45, 2.75) is 6.73 Å². The summed E-state index contributed by atoms with van der Waals surface area (Å²) in [5, 5.41) is 8.88. The van der Waals surface area contributed by atoms with Crippen molar-refractivity contribution < 1.29 is 9.52 Å². The third kappa shape index (κ3) is 1.30. The number of rotatable bonds is 1. The van der Waals surface area contributed by atoms with Gasteiger partial charge in [-0.2, -0.15) is 0 Å². The van der Waals surface area contributed by atoms with E-state index in [-0.39, 0.29) is 6.73 Å². The second kappa shape index (κ2) is 3.01. The highest BCUT2D eigenvalue weighted by molar-refractivity contribution is 9.10. The van der Waals surface area contributed by atoms with Gasteiger partial charge in [0.05, 0.1) is 5.52 Å². The summed E-state index contributed by atoms with van der Waals surface area (Å²) in [6.07, 6.45) is 0. The highest BCUT2D eigenvalue weighted by atomic mass is 79.9. The smallest absolute Gasteiger partial charge is 0.408 e. The molecule has 1 aromatic carbocycles. The molecule has 2 aromatic rings. The number of benzene rings is 1. The summed E-state index contributed by atoms with van der Waals surface area (Å²) in [4.78, 5) is 11.1. The number of aromatic nitrogens is 1. The molecule has 2 rings (SSSR count). The molecule has 0 atom stereocenters. The molecular weight excluding hydrogens is 238 g/mol. The lowest BCUT2D eigenvalue weighted by Gasteiger charge is -1.94. The van der Waals surface area contributed by atoms with E-state index in [2.05, 4.69) is 15.9 Å². The van der Waals surface area contributed by atoms with Gasteiger partial charge < -0.3 is 9.52 Å². The fourth-order valence-electron chi connectivity index (χ4n) is 1.17. The van der Waals surface area contributed by atoms with E-state index in [0.29, 0.717) is 11.1 Å². The monoisotopic (exact) mass is 243 g/mol. The Hall–Kier alpha value is -1.07. The molecule has 0 unspecified atom stereocenters. The van der Waals surface area contributed by atoms with E-state index in [1.54, 1.807) is 18.2 Å². The molecule has 0 saturated heterocycles. The minimum absolute atomic E-state index is 0.373. The summed E-state index contributed by atoms with van der Waals surface area (Å²) in [6, 6.07) is 5.16. The van der Waals surface area contributed by atoms with Crippen LogP contribution in [0.15, 0.2) is 31.9 Å². The van der Waals surface area contributed by atoms with Crippen LogP contribution in [-0.2, 0) is 6.73 Å². The van der Waals surface area contributed by atoms with E-state index in [1.807, 2.05) is 0 Å². The molecule has 68 valence electrons. The van der Waals surface area contributed by atoms with Crippen molar-refractivity contribution in [3.63, 3.8) is 0 Å². The van der Waals surface area contributed by atoms with Crippen molar-refractivity contribution >= 4 is 27.0 Å². The van der Waals surface area contributed by atoms with Gasteiger partial charge in [0.15, 0.2) is 5.58 Å². The first-order valence-corrected chi connectivity index (χ1v) is 4.41. The van der Waals surface area contributed by atoms with Gasteiger partial charge >= 0.3 is 5.76 Å². The van der Waals surface area contributed by atoms with E-state index in [9.17, 15) is 4.79 Å². The SMILES string of the molecule is O=c1oc2ccc(Br)cc2n1CO. The van der Waals surface area contributed by atoms with Gasteiger partial charge in [-0.1, -0.05) is 15.9 Å². The fraction of sp³-hybridized carbons (Fsp3) is 0.125. The molecular formula is C8H6BrNO3. The van der Waals surface area contributed by atoms with Crippen LogP contribution in [0.1, 0.15) is 0 Å². The Kier molecular flexibility index (Phi) is 1.97. The van der Waals surface area contributed by atoms with Crippen LogP contribution in [0.25, 0.3) is 11.1 Å². The van der Waals surface area contributed by atoms with Gasteiger partial charge in [-0.05, 0) is 18.2 Å². The highest BCUT2D eigenvalue weighted by Crippen LogP contribution is 2.18. The predicted molar refractivity (Wildman–Crippen MR) is 50.4 cm³/mol. The number of hydrogen-bond acceptors (Lipinski definition) is 3. The molecule has 0 spiro atoms. The first-order valence-electron chi connectivity index (χ1n) is 3.62. The normalized spacial score (nSPS) is 10.9. The number of aliphatic hydroxyl groups is 1. The first kappa shape index (κ1) is 8.52. The third-order valence-corrected chi connectivity index (χ3v) is 2.26. The molecule has 1 N–H and O–H groups in total. The van der Waals surface area contributed by atoms with E-state index in [1.165, 1.54) is 0 Å². The Morgan fingerprint density at radius 2 is 2.31 bits per heavy atom. The Labute approximate surface area is 81.5 Å². The molecule has 0 bridgehead atoms. The maximum Gasteiger partial charge on any atom is 0.421 e. The van der Waals surface area contributed by atoms with Gasteiger partial charge in [-0.15, -0.1) is 0 Å². The number of fused-ring (bicyclic) bond motifs is 1. The minimum atomic E-state index is -0.546. The van der Waals surface area contributed by atoms with Crippen LogP contribution in [0.3, 0.4) is 0 Å². The summed E-state index contributed by atoms with van der Waals surface area (Å²) in [6.45, 7) is -0.373. The molecule has 5 heteroatoms. The molecule has 0 saturated carbocycles. The molecule has 1 heterocycles. The van der Waals surface area contributed by atoms with Crippen molar-refractivity contribution in [1.82, 2.24) is 4.57 Å². The van der Waals surface area contributed by atoms with Crippen molar-refractivity contribution in [1.29, 1.82) is 0 Å². The summed E-state index contributed by atoms with van der Waals surface area (Å²) in [7, 11) is 0. The average molecular weight is 244 g/mol. The molecule has 0 fully saturated rings. The molecule has 0 aliphatic carbocycles. The first-order chi connectivity index (χ1) is 6.22. The second-order valence-corrected chi connectivity index (χ2v) is 3.47. The summed E-state index contributed by atoms with van der Waals surface area (Å²) >= 11 is 3.27. The van der Waals surface area contributed by atoms with Gasteiger partial charge in [-0.3, -0.25) is 4.57 Å². The van der Waals surface area contributed by atoms with Crippen LogP contribution in [0.5, 0.6) is 0 Å². The van der Waals surface area contributed by atoms with E-state index in [4.69, 9.17) is 9.52 Å². The van der Waals surface area contributed by atoms with Gasteiger partial charge in [0, 0.05) is 4.47 Å².